The molecule has 0 saturated heterocycles. The van der Waals surface area contributed by atoms with E-state index in [2.05, 4.69) is 10.3 Å². The second kappa shape index (κ2) is 2.90. The van der Waals surface area contributed by atoms with Crippen LogP contribution in [0.25, 0.3) is 5.65 Å². The second-order valence-corrected chi connectivity index (χ2v) is 2.84. The highest BCUT2D eigenvalue weighted by atomic mass is 16.1. The number of imidazole rings is 1. The van der Waals surface area contributed by atoms with Gasteiger partial charge in [-0.25, -0.2) is 4.98 Å². The van der Waals surface area contributed by atoms with E-state index in [9.17, 15) is 4.79 Å². The van der Waals surface area contributed by atoms with E-state index in [0.29, 0.717) is 12.2 Å². The number of aryl methyl sites for hydroxylation is 1. The van der Waals surface area contributed by atoms with Gasteiger partial charge in [0.1, 0.15) is 11.5 Å². The number of hydrogen-bond acceptors (Lipinski definition) is 2. The van der Waals surface area contributed by atoms with Crippen LogP contribution < -0.4 is 5.32 Å². The molecule has 13 heavy (non-hydrogen) atoms. The number of fused-ring (bicyclic) bond motifs is 1. The van der Waals surface area contributed by atoms with Gasteiger partial charge in [-0.1, -0.05) is 6.07 Å². The van der Waals surface area contributed by atoms with E-state index in [1.165, 1.54) is 0 Å². The Balaban J connectivity index is 2.64. The van der Waals surface area contributed by atoms with Crippen LogP contribution >= 0.6 is 0 Å². The molecule has 4 heteroatoms. The first-order chi connectivity index (χ1) is 6.31. The minimum absolute atomic E-state index is 0.645. The molecule has 2 aromatic heterocycles. The lowest BCUT2D eigenvalue weighted by molar-refractivity contribution is -0.105. The summed E-state index contributed by atoms with van der Waals surface area (Å²) in [5.41, 5.74) is 1.95. The molecule has 0 bridgehead atoms. The molecular weight excluding hydrogens is 166 g/mol. The van der Waals surface area contributed by atoms with Crippen LogP contribution in [-0.4, -0.2) is 15.8 Å². The van der Waals surface area contributed by atoms with Gasteiger partial charge in [-0.2, -0.15) is 0 Å². The van der Waals surface area contributed by atoms with Gasteiger partial charge in [-0.15, -0.1) is 0 Å². The van der Waals surface area contributed by atoms with E-state index in [0.717, 1.165) is 11.2 Å². The minimum Gasteiger partial charge on any atom is -0.313 e. The van der Waals surface area contributed by atoms with Crippen molar-refractivity contribution in [1.29, 1.82) is 0 Å². The molecule has 0 saturated carbocycles. The maximum Gasteiger partial charge on any atom is 0.212 e. The van der Waals surface area contributed by atoms with Gasteiger partial charge in [0.05, 0.1) is 6.20 Å². The molecule has 0 spiro atoms. The highest BCUT2D eigenvalue weighted by Gasteiger charge is 2.00. The predicted molar refractivity (Wildman–Crippen MR) is 49.6 cm³/mol. The first-order valence-electron chi connectivity index (χ1n) is 3.95. The van der Waals surface area contributed by atoms with Crippen molar-refractivity contribution in [2.45, 2.75) is 6.92 Å². The van der Waals surface area contributed by atoms with Crippen molar-refractivity contribution in [3.05, 3.63) is 30.1 Å². The Morgan fingerprint density at radius 3 is 3.15 bits per heavy atom. The smallest absolute Gasteiger partial charge is 0.212 e. The van der Waals surface area contributed by atoms with Crippen molar-refractivity contribution in [3.8, 4) is 0 Å². The normalized spacial score (nSPS) is 10.2. The number of amides is 1. The molecule has 4 nitrogen and oxygen atoms in total. The molecule has 1 amide bonds. The van der Waals surface area contributed by atoms with E-state index in [1.807, 2.05) is 29.7 Å². The average molecular weight is 175 g/mol. The number of nitrogens with one attached hydrogen (secondary N) is 1. The van der Waals surface area contributed by atoms with Crippen LogP contribution in [0.5, 0.6) is 0 Å². The molecule has 0 fully saturated rings. The Labute approximate surface area is 75.2 Å². The van der Waals surface area contributed by atoms with Gasteiger partial charge in [-0.3, -0.25) is 9.20 Å². The predicted octanol–water partition coefficient (Wildman–Crippen LogP) is 1.21. The third kappa shape index (κ3) is 1.26. The number of anilines is 1. The van der Waals surface area contributed by atoms with E-state index in [4.69, 9.17) is 0 Å². The molecule has 0 aliphatic carbocycles. The first-order valence-corrected chi connectivity index (χ1v) is 3.95. The highest BCUT2D eigenvalue weighted by Crippen LogP contribution is 2.11. The van der Waals surface area contributed by atoms with Crippen molar-refractivity contribution in [3.63, 3.8) is 0 Å². The third-order valence-corrected chi connectivity index (χ3v) is 1.86. The Morgan fingerprint density at radius 1 is 1.54 bits per heavy atom. The van der Waals surface area contributed by atoms with Crippen LogP contribution in [0.15, 0.2) is 24.5 Å². The molecule has 0 aromatic carbocycles. The van der Waals surface area contributed by atoms with Crippen molar-refractivity contribution in [2.75, 3.05) is 5.32 Å². The van der Waals surface area contributed by atoms with E-state index in [-0.39, 0.29) is 0 Å². The number of aromatic nitrogens is 2. The molecular formula is C9H9N3O. The summed E-state index contributed by atoms with van der Waals surface area (Å²) in [6.07, 6.45) is 4.20. The van der Waals surface area contributed by atoms with Crippen molar-refractivity contribution < 1.29 is 4.79 Å². The Bertz CT molecular complexity index is 447. The lowest BCUT2D eigenvalue weighted by atomic mass is 10.3. The van der Waals surface area contributed by atoms with Gasteiger partial charge < -0.3 is 5.32 Å². The zero-order chi connectivity index (χ0) is 9.26. The average Bonchev–Trinajstić information content (AvgIpc) is 2.49. The highest BCUT2D eigenvalue weighted by molar-refractivity contribution is 5.70. The quantitative estimate of drug-likeness (QED) is 0.697. The van der Waals surface area contributed by atoms with Crippen molar-refractivity contribution in [1.82, 2.24) is 9.38 Å². The van der Waals surface area contributed by atoms with Crippen LogP contribution in [0.3, 0.4) is 0 Å². The summed E-state index contributed by atoms with van der Waals surface area (Å²) >= 11 is 0. The molecule has 0 unspecified atom stereocenters. The van der Waals surface area contributed by atoms with Crippen LogP contribution in [0.2, 0.25) is 0 Å². The molecule has 2 aromatic rings. The molecule has 66 valence electrons. The summed E-state index contributed by atoms with van der Waals surface area (Å²) in [4.78, 5) is 14.4. The summed E-state index contributed by atoms with van der Waals surface area (Å²) < 4.78 is 1.84. The van der Waals surface area contributed by atoms with E-state index in [1.54, 1.807) is 6.20 Å². The van der Waals surface area contributed by atoms with E-state index >= 15 is 0 Å². The fourth-order valence-electron chi connectivity index (χ4n) is 1.25. The van der Waals surface area contributed by atoms with Crippen LogP contribution in [0, 0.1) is 6.92 Å². The summed E-state index contributed by atoms with van der Waals surface area (Å²) in [7, 11) is 0. The topological polar surface area (TPSA) is 46.4 Å². The minimum atomic E-state index is 0.645. The number of pyridine rings is 1. The molecule has 1 N–H and O–H groups in total. The Morgan fingerprint density at radius 2 is 2.38 bits per heavy atom. The number of hydrogen-bond donors (Lipinski definition) is 1. The number of carbonyl (C=O) groups is 1. The Kier molecular flexibility index (Phi) is 1.73. The van der Waals surface area contributed by atoms with Crippen molar-refractivity contribution in [2.24, 2.45) is 0 Å². The fraction of sp³-hybridized carbons (Fsp3) is 0.111. The number of nitrogens with zero attached hydrogens (tertiary/aromatic N) is 2. The zero-order valence-corrected chi connectivity index (χ0v) is 7.19. The van der Waals surface area contributed by atoms with Gasteiger partial charge in [-0.05, 0) is 18.6 Å². The number of carbonyl (C=O) groups excluding carboxylic acids is 1. The first kappa shape index (κ1) is 7.79. The van der Waals surface area contributed by atoms with E-state index < -0.39 is 0 Å². The summed E-state index contributed by atoms with van der Waals surface area (Å²) in [5.74, 6) is 0.689. The second-order valence-electron chi connectivity index (χ2n) is 2.84. The molecule has 0 radical (unpaired) electrons. The van der Waals surface area contributed by atoms with Crippen LogP contribution in [0.1, 0.15) is 5.56 Å². The van der Waals surface area contributed by atoms with Crippen LogP contribution in [0.4, 0.5) is 5.82 Å². The lowest BCUT2D eigenvalue weighted by Crippen LogP contribution is -1.97. The standard InChI is InChI=1S/C9H9N3O/c1-7-2-3-8-10-4-9(11-6-13)12(8)5-7/h2-6H,1H3,(H,11,13). The van der Waals surface area contributed by atoms with Crippen molar-refractivity contribution >= 4 is 17.9 Å². The summed E-state index contributed by atoms with van der Waals surface area (Å²) in [6, 6.07) is 3.89. The number of rotatable bonds is 2. The summed E-state index contributed by atoms with van der Waals surface area (Å²) in [5, 5.41) is 2.58. The van der Waals surface area contributed by atoms with Gasteiger partial charge in [0.2, 0.25) is 6.41 Å². The molecule has 2 heterocycles. The lowest BCUT2D eigenvalue weighted by Gasteiger charge is -1.99. The maximum absolute atomic E-state index is 10.2. The van der Waals surface area contributed by atoms with Gasteiger partial charge in [0.25, 0.3) is 0 Å². The molecule has 0 aliphatic heterocycles. The molecule has 0 aliphatic rings. The van der Waals surface area contributed by atoms with Crippen LogP contribution in [-0.2, 0) is 4.79 Å². The van der Waals surface area contributed by atoms with Gasteiger partial charge in [0.15, 0.2) is 0 Å². The maximum atomic E-state index is 10.2. The summed E-state index contributed by atoms with van der Waals surface area (Å²) in [6.45, 7) is 1.99. The fourth-order valence-corrected chi connectivity index (χ4v) is 1.25. The molecule has 0 atom stereocenters. The molecule has 2 rings (SSSR count). The Hall–Kier alpha value is -1.84. The monoisotopic (exact) mass is 175 g/mol. The van der Waals surface area contributed by atoms with Gasteiger partial charge in [0, 0.05) is 6.20 Å². The SMILES string of the molecule is Cc1ccc2ncc(NC=O)n2c1. The third-order valence-electron chi connectivity index (χ3n) is 1.86. The zero-order valence-electron chi connectivity index (χ0n) is 7.19. The largest absolute Gasteiger partial charge is 0.313 e. The van der Waals surface area contributed by atoms with Gasteiger partial charge >= 0.3 is 0 Å².